The summed E-state index contributed by atoms with van der Waals surface area (Å²) in [4.78, 5) is 24.4. The molecule has 1 fully saturated rings. The van der Waals surface area contributed by atoms with Gasteiger partial charge in [0.25, 0.3) is 0 Å². The minimum atomic E-state index is -1.38. The Morgan fingerprint density at radius 1 is 1.38 bits per heavy atom. The normalized spacial score (nSPS) is 23.1. The first-order valence-electron chi connectivity index (χ1n) is 6.78. The Labute approximate surface area is 138 Å². The number of carboxylic acids is 1. The molecular formula is C14H12F2N2O5S. The maximum absolute atomic E-state index is 14.0. The number of phenols is 2. The summed E-state index contributed by atoms with van der Waals surface area (Å²) < 4.78 is 27.5. The van der Waals surface area contributed by atoms with Crippen LogP contribution in [0.4, 0.5) is 8.78 Å². The molecule has 0 spiro atoms. The smallest absolute Gasteiger partial charge is 0.352 e. The highest BCUT2D eigenvalue weighted by atomic mass is 32.2. The molecule has 0 bridgehead atoms. The lowest BCUT2D eigenvalue weighted by molar-refractivity contribution is -0.148. The van der Waals surface area contributed by atoms with Gasteiger partial charge in [-0.2, -0.15) is 0 Å². The Morgan fingerprint density at radius 2 is 2.04 bits per heavy atom. The monoisotopic (exact) mass is 358 g/mol. The Morgan fingerprint density at radius 3 is 2.67 bits per heavy atom. The Hall–Kier alpha value is -2.33. The summed E-state index contributed by atoms with van der Waals surface area (Å²) in [6, 6.07) is -0.116. The number of amides is 1. The van der Waals surface area contributed by atoms with Crippen molar-refractivity contribution >= 4 is 23.6 Å². The minimum Gasteiger partial charge on any atom is -0.502 e. The molecule has 0 saturated carbocycles. The third-order valence-electron chi connectivity index (χ3n) is 3.94. The molecule has 24 heavy (non-hydrogen) atoms. The number of nitrogens with zero attached hydrogens (tertiary/aromatic N) is 1. The molecule has 2 aliphatic rings. The van der Waals surface area contributed by atoms with Crippen LogP contribution in [-0.2, 0) is 16.0 Å². The van der Waals surface area contributed by atoms with Gasteiger partial charge in [0, 0.05) is 5.75 Å². The van der Waals surface area contributed by atoms with Crippen LogP contribution < -0.4 is 5.73 Å². The molecule has 1 saturated heterocycles. The Balaban J connectivity index is 2.02. The number of carbonyl (C=O) groups excluding carboxylic acids is 1. The highest BCUT2D eigenvalue weighted by Crippen LogP contribution is 2.41. The van der Waals surface area contributed by atoms with Crippen LogP contribution in [0.25, 0.3) is 0 Å². The SMILES string of the molecule is NC1C(=O)N2C(C(=O)O)=C(Cc3cc(F)c(O)c(O)c3F)CS[C@@H]12. The van der Waals surface area contributed by atoms with Crippen LogP contribution in [-0.4, -0.2) is 49.3 Å². The predicted molar refractivity (Wildman–Crippen MR) is 79.1 cm³/mol. The van der Waals surface area contributed by atoms with E-state index in [1.54, 1.807) is 0 Å². The van der Waals surface area contributed by atoms with Crippen molar-refractivity contribution in [2.24, 2.45) is 5.73 Å². The molecule has 1 amide bonds. The zero-order chi connectivity index (χ0) is 17.8. The first kappa shape index (κ1) is 16.5. The number of fused-ring (bicyclic) bond motifs is 1. The number of benzene rings is 1. The van der Waals surface area contributed by atoms with Gasteiger partial charge in [-0.05, 0) is 23.6 Å². The fourth-order valence-corrected chi connectivity index (χ4v) is 4.02. The zero-order valence-corrected chi connectivity index (χ0v) is 12.8. The van der Waals surface area contributed by atoms with E-state index in [1.807, 2.05) is 0 Å². The van der Waals surface area contributed by atoms with Gasteiger partial charge in [0.05, 0.1) is 0 Å². The number of halogens is 2. The van der Waals surface area contributed by atoms with Gasteiger partial charge >= 0.3 is 5.97 Å². The van der Waals surface area contributed by atoms with E-state index in [-0.39, 0.29) is 29.0 Å². The second-order valence-corrected chi connectivity index (χ2v) is 6.50. The average Bonchev–Trinajstić information content (AvgIpc) is 2.56. The maximum Gasteiger partial charge on any atom is 0.352 e. The molecule has 1 unspecified atom stereocenters. The average molecular weight is 358 g/mol. The van der Waals surface area contributed by atoms with E-state index < -0.39 is 46.4 Å². The first-order valence-corrected chi connectivity index (χ1v) is 7.83. The third kappa shape index (κ3) is 2.29. The minimum absolute atomic E-state index is 0.159. The molecule has 7 nitrogen and oxygen atoms in total. The lowest BCUT2D eigenvalue weighted by Crippen LogP contribution is -2.68. The van der Waals surface area contributed by atoms with Crippen molar-refractivity contribution in [2.75, 3.05) is 5.75 Å². The van der Waals surface area contributed by atoms with E-state index in [4.69, 9.17) is 10.8 Å². The molecule has 10 heteroatoms. The maximum atomic E-state index is 14.0. The van der Waals surface area contributed by atoms with E-state index in [1.165, 1.54) is 11.8 Å². The van der Waals surface area contributed by atoms with Crippen molar-refractivity contribution in [3.05, 3.63) is 34.5 Å². The van der Waals surface area contributed by atoms with E-state index in [9.17, 15) is 28.6 Å². The predicted octanol–water partition coefficient (Wildman–Crippen LogP) is 0.500. The number of nitrogens with two attached hydrogens (primary N) is 1. The second-order valence-electron chi connectivity index (χ2n) is 5.40. The zero-order valence-electron chi connectivity index (χ0n) is 12.0. The summed E-state index contributed by atoms with van der Waals surface area (Å²) >= 11 is 1.22. The summed E-state index contributed by atoms with van der Waals surface area (Å²) in [6.45, 7) is 0. The van der Waals surface area contributed by atoms with Gasteiger partial charge in [-0.25, -0.2) is 13.6 Å². The van der Waals surface area contributed by atoms with Gasteiger partial charge < -0.3 is 21.1 Å². The molecule has 2 atom stereocenters. The lowest BCUT2D eigenvalue weighted by atomic mass is 9.98. The van der Waals surface area contributed by atoms with Gasteiger partial charge in [-0.15, -0.1) is 11.8 Å². The standard InChI is InChI=1S/C14H12F2N2O5S/c15-6-2-4(7(16)11(20)10(6)19)1-5-3-24-13-8(17)12(21)18(13)9(5)14(22)23/h2,8,13,19-20H,1,3,17H2,(H,22,23)/t8?,13-/m0/s1. The fourth-order valence-electron chi connectivity index (χ4n) is 2.73. The molecule has 128 valence electrons. The second kappa shape index (κ2) is 5.64. The summed E-state index contributed by atoms with van der Waals surface area (Å²) in [5.74, 6) is -6.71. The molecule has 0 radical (unpaired) electrons. The number of carbonyl (C=O) groups is 2. The largest absolute Gasteiger partial charge is 0.502 e. The van der Waals surface area contributed by atoms with Crippen LogP contribution in [0.15, 0.2) is 17.3 Å². The molecular weight excluding hydrogens is 346 g/mol. The quantitative estimate of drug-likeness (QED) is 0.458. The Bertz CT molecular complexity index is 798. The van der Waals surface area contributed by atoms with Crippen LogP contribution in [0.3, 0.4) is 0 Å². The van der Waals surface area contributed by atoms with Gasteiger partial charge in [-0.1, -0.05) is 0 Å². The number of aliphatic carboxylic acids is 1. The van der Waals surface area contributed by atoms with Crippen molar-refractivity contribution in [1.29, 1.82) is 0 Å². The van der Waals surface area contributed by atoms with Crippen LogP contribution in [0.1, 0.15) is 5.56 Å². The van der Waals surface area contributed by atoms with E-state index in [0.29, 0.717) is 6.07 Å². The van der Waals surface area contributed by atoms with Crippen molar-refractivity contribution in [3.63, 3.8) is 0 Å². The molecule has 5 N–H and O–H groups in total. The summed E-state index contributed by atoms with van der Waals surface area (Å²) in [6.07, 6.45) is -0.336. The highest BCUT2D eigenvalue weighted by Gasteiger charge is 2.51. The van der Waals surface area contributed by atoms with E-state index in [0.717, 1.165) is 4.90 Å². The molecule has 0 aliphatic carbocycles. The number of thioether (sulfide) groups is 1. The number of phenolic OH excluding ortho intramolecular Hbond substituents is 2. The number of hydrogen-bond donors (Lipinski definition) is 4. The number of aromatic hydroxyl groups is 2. The molecule has 1 aromatic rings. The van der Waals surface area contributed by atoms with Crippen LogP contribution in [0.5, 0.6) is 11.5 Å². The summed E-state index contributed by atoms with van der Waals surface area (Å²) in [5, 5.41) is 27.4. The third-order valence-corrected chi connectivity index (χ3v) is 5.30. The first-order chi connectivity index (χ1) is 11.2. The van der Waals surface area contributed by atoms with Gasteiger partial charge in [0.2, 0.25) is 5.91 Å². The van der Waals surface area contributed by atoms with E-state index >= 15 is 0 Å². The van der Waals surface area contributed by atoms with Crippen molar-refractivity contribution in [1.82, 2.24) is 4.90 Å². The van der Waals surface area contributed by atoms with E-state index in [2.05, 4.69) is 0 Å². The van der Waals surface area contributed by atoms with Crippen LogP contribution >= 0.6 is 11.8 Å². The number of β-lactam (4-membered cyclic amide) rings is 1. The number of hydrogen-bond acceptors (Lipinski definition) is 6. The highest BCUT2D eigenvalue weighted by molar-refractivity contribution is 8.00. The number of carboxylic acid groups (broad SMARTS) is 1. The molecule has 1 aromatic carbocycles. The molecule has 0 aromatic heterocycles. The Kier molecular flexibility index (Phi) is 3.88. The number of rotatable bonds is 3. The van der Waals surface area contributed by atoms with Gasteiger partial charge in [0.1, 0.15) is 17.1 Å². The fraction of sp³-hybridized carbons (Fsp3) is 0.286. The van der Waals surface area contributed by atoms with Crippen molar-refractivity contribution in [3.8, 4) is 11.5 Å². The van der Waals surface area contributed by atoms with Gasteiger partial charge in [0.15, 0.2) is 23.1 Å². The molecule has 2 heterocycles. The lowest BCUT2D eigenvalue weighted by Gasteiger charge is -2.48. The molecule has 3 rings (SSSR count). The molecule has 2 aliphatic heterocycles. The van der Waals surface area contributed by atoms with Crippen molar-refractivity contribution in [2.45, 2.75) is 17.8 Å². The summed E-state index contributed by atoms with van der Waals surface area (Å²) in [5.41, 5.74) is 5.17. The summed E-state index contributed by atoms with van der Waals surface area (Å²) in [7, 11) is 0. The van der Waals surface area contributed by atoms with Crippen LogP contribution in [0.2, 0.25) is 0 Å². The van der Waals surface area contributed by atoms with Crippen molar-refractivity contribution < 1.29 is 33.7 Å². The van der Waals surface area contributed by atoms with Crippen LogP contribution in [0, 0.1) is 11.6 Å². The van der Waals surface area contributed by atoms with Gasteiger partial charge in [-0.3, -0.25) is 9.69 Å². The topological polar surface area (TPSA) is 124 Å².